The van der Waals surface area contributed by atoms with Gasteiger partial charge in [-0.2, -0.15) is 0 Å². The monoisotopic (exact) mass is 654 g/mol. The van der Waals surface area contributed by atoms with Gasteiger partial charge in [0, 0.05) is 6.54 Å². The molecule has 5 rings (SSSR count). The van der Waals surface area contributed by atoms with Crippen LogP contribution in [0.1, 0.15) is 46.9 Å². The molecule has 2 aliphatic heterocycles. The number of carbonyl (C=O) groups is 4. The van der Waals surface area contributed by atoms with E-state index < -0.39 is 18.4 Å². The van der Waals surface area contributed by atoms with E-state index in [1.807, 2.05) is 39.1 Å². The molecule has 3 aromatic rings. The van der Waals surface area contributed by atoms with Crippen LogP contribution in [0.5, 0.6) is 0 Å². The van der Waals surface area contributed by atoms with Crippen LogP contribution in [0, 0.1) is 0 Å². The van der Waals surface area contributed by atoms with Crippen LogP contribution in [0.2, 0.25) is 0 Å². The van der Waals surface area contributed by atoms with Gasteiger partial charge in [0.1, 0.15) is 0 Å². The first-order chi connectivity index (χ1) is 19.9. The molecular formula is C29H31AsN4O5S2. The quantitative estimate of drug-likeness (QED) is 0.218. The van der Waals surface area contributed by atoms with Crippen LogP contribution >= 0.6 is 20.0 Å². The van der Waals surface area contributed by atoms with Gasteiger partial charge in [0.2, 0.25) is 0 Å². The molecule has 2 atom stereocenters. The molecule has 2 aliphatic rings. The molecule has 41 heavy (non-hydrogen) atoms. The number of anilines is 2. The second kappa shape index (κ2) is 13.3. The molecule has 12 heteroatoms. The van der Waals surface area contributed by atoms with Gasteiger partial charge in [-0.05, 0) is 6.42 Å². The summed E-state index contributed by atoms with van der Waals surface area (Å²) in [6.07, 6.45) is 1.35. The van der Waals surface area contributed by atoms with Crippen molar-refractivity contribution in [1.82, 2.24) is 4.90 Å². The summed E-state index contributed by atoms with van der Waals surface area (Å²) in [4.78, 5) is 52.0. The number of hydrogen-bond acceptors (Lipinski definition) is 8. The van der Waals surface area contributed by atoms with Crippen molar-refractivity contribution in [2.24, 2.45) is 5.73 Å². The summed E-state index contributed by atoms with van der Waals surface area (Å²) >= 11 is -1.42. The Hall–Kier alpha value is -2.98. The van der Waals surface area contributed by atoms with Crippen molar-refractivity contribution in [2.75, 3.05) is 36.1 Å². The summed E-state index contributed by atoms with van der Waals surface area (Å²) < 4.78 is 6.87. The summed E-state index contributed by atoms with van der Waals surface area (Å²) in [7, 11) is 3.82. The molecule has 0 aliphatic carbocycles. The van der Waals surface area contributed by atoms with Crippen molar-refractivity contribution in [2.45, 2.75) is 31.4 Å². The summed E-state index contributed by atoms with van der Waals surface area (Å²) in [5.41, 5.74) is 7.62. The fourth-order valence-electron chi connectivity index (χ4n) is 4.67. The van der Waals surface area contributed by atoms with Crippen molar-refractivity contribution in [3.63, 3.8) is 0 Å². The summed E-state index contributed by atoms with van der Waals surface area (Å²) in [6.45, 7) is 3.00. The molecule has 4 N–H and O–H groups in total. The van der Waals surface area contributed by atoms with Gasteiger partial charge in [-0.25, -0.2) is 0 Å². The average molecular weight is 655 g/mol. The van der Waals surface area contributed by atoms with Crippen LogP contribution in [-0.2, 0) is 9.53 Å². The van der Waals surface area contributed by atoms with E-state index in [4.69, 9.17) is 10.5 Å². The van der Waals surface area contributed by atoms with Crippen LogP contribution in [0.4, 0.5) is 16.2 Å². The Bertz CT molecular complexity index is 1460. The van der Waals surface area contributed by atoms with Crippen LogP contribution in [0.25, 0.3) is 10.8 Å². The standard InChI is InChI=1S/C29H31AsN4O5S2/c1-2-3-15-34-27(36)22-6-4-5-21-24(12-11-23(26(21)22)28(34)37)33-29(38)39-16-20-17-40-30(41-20)18-7-9-19(10-8-18)32-25(35)13-14-31/h4-12,20H,2-3,13-17,31H2,1H3,(H,32,35)(H,33,38). The molecule has 1 saturated heterocycles. The van der Waals surface area contributed by atoms with E-state index in [2.05, 4.69) is 22.8 Å². The number of ether oxygens (including phenoxy) is 1. The zero-order chi connectivity index (χ0) is 28.9. The molecule has 0 bridgehead atoms. The molecule has 0 radical (unpaired) electrons. The van der Waals surface area contributed by atoms with Crippen molar-refractivity contribution < 1.29 is 23.9 Å². The molecule has 1 fully saturated rings. The number of imide groups is 1. The Labute approximate surface area is 249 Å². The Morgan fingerprint density at radius 1 is 1.05 bits per heavy atom. The van der Waals surface area contributed by atoms with Crippen LogP contribution in [0.15, 0.2) is 54.6 Å². The molecule has 2 heterocycles. The normalized spacial score (nSPS) is 18.0. The predicted molar refractivity (Wildman–Crippen MR) is 167 cm³/mol. The van der Waals surface area contributed by atoms with Gasteiger partial charge in [0.25, 0.3) is 0 Å². The van der Waals surface area contributed by atoms with Crippen molar-refractivity contribution in [3.05, 3.63) is 65.7 Å². The van der Waals surface area contributed by atoms with Crippen LogP contribution in [0.3, 0.4) is 0 Å². The topological polar surface area (TPSA) is 131 Å². The number of nitrogens with zero attached hydrogens (tertiary/aromatic N) is 1. The summed E-state index contributed by atoms with van der Waals surface area (Å²) in [6, 6.07) is 16.6. The number of nitrogens with two attached hydrogens (primary N) is 1. The van der Waals surface area contributed by atoms with Gasteiger partial charge >= 0.3 is 224 Å². The third-order valence-corrected chi connectivity index (χ3v) is 20.7. The minimum atomic E-state index is -1.42. The Morgan fingerprint density at radius 2 is 1.80 bits per heavy atom. The molecule has 0 aromatic heterocycles. The van der Waals surface area contributed by atoms with Crippen molar-refractivity contribution in [1.29, 1.82) is 0 Å². The maximum atomic E-state index is 13.1. The fourth-order valence-corrected chi connectivity index (χ4v) is 20.1. The van der Waals surface area contributed by atoms with Crippen molar-refractivity contribution >= 4 is 82.7 Å². The number of amides is 4. The molecule has 2 unspecified atom stereocenters. The third kappa shape index (κ3) is 6.59. The zero-order valence-electron chi connectivity index (χ0n) is 22.6. The van der Waals surface area contributed by atoms with Crippen LogP contribution < -0.4 is 20.7 Å². The van der Waals surface area contributed by atoms with E-state index in [0.29, 0.717) is 47.1 Å². The SMILES string of the molecule is CCCCN1C(=O)c2cccc3c(NC(=O)OCC4CS[As](c5ccc(NC(=O)CCN)cc5)S4)ccc(c23)C1=O. The molecule has 0 spiro atoms. The molecule has 9 nitrogen and oxygen atoms in total. The predicted octanol–water partition coefficient (Wildman–Crippen LogP) is 4.32. The van der Waals surface area contributed by atoms with E-state index >= 15 is 0 Å². The van der Waals surface area contributed by atoms with E-state index in [9.17, 15) is 19.2 Å². The van der Waals surface area contributed by atoms with Gasteiger partial charge in [0.15, 0.2) is 0 Å². The molecule has 3 aromatic carbocycles. The number of nitrogens with one attached hydrogen (secondary N) is 2. The first-order valence-corrected chi connectivity index (χ1v) is 20.8. The Kier molecular flexibility index (Phi) is 9.60. The van der Waals surface area contributed by atoms with Crippen molar-refractivity contribution in [3.8, 4) is 0 Å². The number of rotatable bonds is 10. The van der Waals surface area contributed by atoms with Gasteiger partial charge in [-0.3, -0.25) is 0 Å². The van der Waals surface area contributed by atoms with Gasteiger partial charge < -0.3 is 0 Å². The van der Waals surface area contributed by atoms with Gasteiger partial charge in [-0.15, -0.1) is 0 Å². The van der Waals surface area contributed by atoms with E-state index in [0.717, 1.165) is 24.3 Å². The summed E-state index contributed by atoms with van der Waals surface area (Å²) in [5, 5.41) is 7.05. The summed E-state index contributed by atoms with van der Waals surface area (Å²) in [5.74, 6) is 0.192. The Balaban J connectivity index is 1.18. The molecule has 4 amide bonds. The van der Waals surface area contributed by atoms with E-state index in [1.54, 1.807) is 30.3 Å². The maximum absolute atomic E-state index is 13.1. The van der Waals surface area contributed by atoms with E-state index in [1.165, 1.54) is 9.25 Å². The number of unbranched alkanes of at least 4 members (excludes halogenated alkanes) is 1. The number of hydrogen-bond donors (Lipinski definition) is 3. The second-order valence-corrected chi connectivity index (χ2v) is 21.2. The average Bonchev–Trinajstić information content (AvgIpc) is 3.45. The zero-order valence-corrected chi connectivity index (χ0v) is 26.1. The Morgan fingerprint density at radius 3 is 2.54 bits per heavy atom. The fraction of sp³-hybridized carbons (Fsp3) is 0.310. The first-order valence-electron chi connectivity index (χ1n) is 13.4. The second-order valence-electron chi connectivity index (χ2n) is 9.64. The number of benzene rings is 3. The molecule has 0 saturated carbocycles. The minimum absolute atomic E-state index is 0.0955. The van der Waals surface area contributed by atoms with Gasteiger partial charge in [0.05, 0.1) is 0 Å². The molecular weight excluding hydrogens is 623 g/mol. The number of carbonyl (C=O) groups excluding carboxylic acids is 4. The first kappa shape index (κ1) is 29.5. The van der Waals surface area contributed by atoms with E-state index in [-0.39, 0.29) is 29.6 Å². The van der Waals surface area contributed by atoms with Gasteiger partial charge in [-0.1, -0.05) is 13.3 Å². The van der Waals surface area contributed by atoms with Crippen LogP contribution in [-0.4, -0.2) is 71.8 Å². The third-order valence-electron chi connectivity index (χ3n) is 6.72. The molecule has 214 valence electrons.